The van der Waals surface area contributed by atoms with Gasteiger partial charge in [-0.2, -0.15) is 0 Å². The van der Waals surface area contributed by atoms with Crippen molar-refractivity contribution >= 4 is 17.9 Å². The highest BCUT2D eigenvalue weighted by atomic mass is 16.5. The lowest BCUT2D eigenvalue weighted by atomic mass is 10.2. The molecule has 27 heavy (non-hydrogen) atoms. The van der Waals surface area contributed by atoms with E-state index in [2.05, 4.69) is 5.32 Å². The second kappa shape index (κ2) is 8.67. The van der Waals surface area contributed by atoms with Crippen LogP contribution in [0.3, 0.4) is 0 Å². The highest BCUT2D eigenvalue weighted by Crippen LogP contribution is 2.23. The van der Waals surface area contributed by atoms with E-state index in [0.29, 0.717) is 29.0 Å². The van der Waals surface area contributed by atoms with Gasteiger partial charge in [-0.15, -0.1) is 0 Å². The van der Waals surface area contributed by atoms with E-state index in [9.17, 15) is 9.59 Å². The first-order valence-electron chi connectivity index (χ1n) is 8.50. The quantitative estimate of drug-likeness (QED) is 0.620. The van der Waals surface area contributed by atoms with Crippen LogP contribution in [0.15, 0.2) is 78.9 Å². The Kier molecular flexibility index (Phi) is 5.84. The zero-order valence-corrected chi connectivity index (χ0v) is 14.8. The van der Waals surface area contributed by atoms with Crippen molar-refractivity contribution in [2.45, 2.75) is 13.0 Å². The fraction of sp³-hybridized carbons (Fsp3) is 0.0909. The van der Waals surface area contributed by atoms with Crippen molar-refractivity contribution in [1.29, 1.82) is 0 Å². The van der Waals surface area contributed by atoms with E-state index in [1.54, 1.807) is 55.5 Å². The first-order chi connectivity index (χ1) is 13.2. The maximum absolute atomic E-state index is 12.3. The second-order valence-corrected chi connectivity index (χ2v) is 5.84. The fourth-order valence-electron chi connectivity index (χ4n) is 2.40. The maximum atomic E-state index is 12.3. The molecule has 0 heterocycles. The summed E-state index contributed by atoms with van der Waals surface area (Å²) in [6.07, 6.45) is -0.0582. The molecule has 0 unspecified atom stereocenters. The van der Waals surface area contributed by atoms with Crippen molar-refractivity contribution < 1.29 is 19.1 Å². The average Bonchev–Trinajstić information content (AvgIpc) is 2.70. The number of anilines is 1. The molecule has 1 N–H and O–H groups in total. The first kappa shape index (κ1) is 18.2. The van der Waals surface area contributed by atoms with Gasteiger partial charge in [0.05, 0.1) is 5.56 Å². The molecular weight excluding hydrogens is 342 g/mol. The van der Waals surface area contributed by atoms with E-state index >= 15 is 0 Å². The Morgan fingerprint density at radius 3 is 2.22 bits per heavy atom. The minimum Gasteiger partial charge on any atom is -0.480 e. The normalized spacial score (nSPS) is 11.3. The molecule has 0 radical (unpaired) electrons. The Morgan fingerprint density at radius 1 is 0.889 bits per heavy atom. The van der Waals surface area contributed by atoms with E-state index in [1.165, 1.54) is 0 Å². The van der Waals surface area contributed by atoms with Crippen LogP contribution in [0.5, 0.6) is 17.2 Å². The van der Waals surface area contributed by atoms with Gasteiger partial charge >= 0.3 is 0 Å². The molecule has 5 heteroatoms. The van der Waals surface area contributed by atoms with E-state index < -0.39 is 6.10 Å². The van der Waals surface area contributed by atoms with Gasteiger partial charge in [0.2, 0.25) is 0 Å². The minimum atomic E-state index is -0.758. The number of rotatable bonds is 7. The minimum absolute atomic E-state index is 0.313. The molecule has 1 atom stereocenters. The standard InChI is InChI=1S/C22H19NO4/c1-16(26-21-10-6-5-7-17(21)15-24)22(25)23-18-11-13-20(14-12-18)27-19-8-3-2-4-9-19/h2-16H,1H3,(H,23,25)/t16-/m1/s1. The van der Waals surface area contributed by atoms with E-state index in [-0.39, 0.29) is 5.91 Å². The maximum Gasteiger partial charge on any atom is 0.265 e. The van der Waals surface area contributed by atoms with Crippen LogP contribution in [0.25, 0.3) is 0 Å². The zero-order chi connectivity index (χ0) is 19.1. The Labute approximate surface area is 157 Å². The van der Waals surface area contributed by atoms with Crippen molar-refractivity contribution in [2.75, 3.05) is 5.32 Å². The fourth-order valence-corrected chi connectivity index (χ4v) is 2.40. The summed E-state index contributed by atoms with van der Waals surface area (Å²) in [5.74, 6) is 1.47. The summed E-state index contributed by atoms with van der Waals surface area (Å²) < 4.78 is 11.3. The molecule has 136 valence electrons. The summed E-state index contributed by atoms with van der Waals surface area (Å²) >= 11 is 0. The molecule has 3 aromatic carbocycles. The van der Waals surface area contributed by atoms with E-state index in [0.717, 1.165) is 5.75 Å². The third-order valence-electron chi connectivity index (χ3n) is 3.82. The van der Waals surface area contributed by atoms with Crippen LogP contribution in [0.1, 0.15) is 17.3 Å². The van der Waals surface area contributed by atoms with Crippen molar-refractivity contribution in [3.8, 4) is 17.2 Å². The predicted molar refractivity (Wildman–Crippen MR) is 104 cm³/mol. The molecule has 0 aliphatic rings. The summed E-state index contributed by atoms with van der Waals surface area (Å²) in [4.78, 5) is 23.4. The van der Waals surface area contributed by atoms with Crippen LogP contribution in [-0.2, 0) is 4.79 Å². The summed E-state index contributed by atoms with van der Waals surface area (Å²) in [5, 5.41) is 2.78. The van der Waals surface area contributed by atoms with Crippen LogP contribution in [-0.4, -0.2) is 18.3 Å². The number of carbonyl (C=O) groups excluding carboxylic acids is 2. The van der Waals surface area contributed by atoms with Crippen LogP contribution in [0.2, 0.25) is 0 Å². The molecule has 0 saturated carbocycles. The number of aldehydes is 1. The Morgan fingerprint density at radius 2 is 1.52 bits per heavy atom. The lowest BCUT2D eigenvalue weighted by Gasteiger charge is -2.16. The molecule has 3 rings (SSSR count). The zero-order valence-electron chi connectivity index (χ0n) is 14.8. The molecule has 0 aromatic heterocycles. The monoisotopic (exact) mass is 361 g/mol. The lowest BCUT2D eigenvalue weighted by Crippen LogP contribution is -2.30. The number of nitrogens with one attached hydrogen (secondary N) is 1. The molecule has 0 fully saturated rings. The number of hydrogen-bond donors (Lipinski definition) is 1. The van der Waals surface area contributed by atoms with Gasteiger partial charge in [-0.25, -0.2) is 0 Å². The van der Waals surface area contributed by atoms with Gasteiger partial charge in [0.1, 0.15) is 17.2 Å². The molecule has 5 nitrogen and oxygen atoms in total. The van der Waals surface area contributed by atoms with Gasteiger partial charge in [-0.3, -0.25) is 9.59 Å². The number of hydrogen-bond acceptors (Lipinski definition) is 4. The van der Waals surface area contributed by atoms with Gasteiger partial charge in [0, 0.05) is 5.69 Å². The third-order valence-corrected chi connectivity index (χ3v) is 3.82. The SMILES string of the molecule is C[C@@H](Oc1ccccc1C=O)C(=O)Nc1ccc(Oc2ccccc2)cc1. The van der Waals surface area contributed by atoms with Crippen LogP contribution < -0.4 is 14.8 Å². The molecule has 0 bridgehead atoms. The Hall–Kier alpha value is -3.60. The van der Waals surface area contributed by atoms with Crippen LogP contribution in [0, 0.1) is 0 Å². The summed E-state index contributed by atoms with van der Waals surface area (Å²) in [7, 11) is 0. The van der Waals surface area contributed by atoms with Gasteiger partial charge < -0.3 is 14.8 Å². The molecule has 1 amide bonds. The number of benzene rings is 3. The summed E-state index contributed by atoms with van der Waals surface area (Å²) in [6.45, 7) is 1.63. The van der Waals surface area contributed by atoms with Crippen LogP contribution >= 0.6 is 0 Å². The smallest absolute Gasteiger partial charge is 0.265 e. The Balaban J connectivity index is 1.59. The number of para-hydroxylation sites is 2. The molecule has 0 spiro atoms. The molecule has 0 saturated heterocycles. The second-order valence-electron chi connectivity index (χ2n) is 5.84. The van der Waals surface area contributed by atoms with E-state index in [1.807, 2.05) is 30.3 Å². The molecule has 3 aromatic rings. The van der Waals surface area contributed by atoms with Crippen molar-refractivity contribution in [3.63, 3.8) is 0 Å². The van der Waals surface area contributed by atoms with Crippen molar-refractivity contribution in [3.05, 3.63) is 84.4 Å². The average molecular weight is 361 g/mol. The number of amides is 1. The topological polar surface area (TPSA) is 64.6 Å². The van der Waals surface area contributed by atoms with Crippen LogP contribution in [0.4, 0.5) is 5.69 Å². The molecular formula is C22H19NO4. The Bertz CT molecular complexity index is 907. The number of carbonyl (C=O) groups is 2. The first-order valence-corrected chi connectivity index (χ1v) is 8.50. The summed E-state index contributed by atoms with van der Waals surface area (Å²) in [5.41, 5.74) is 1.03. The molecule has 0 aliphatic heterocycles. The molecule has 0 aliphatic carbocycles. The van der Waals surface area contributed by atoms with Crippen molar-refractivity contribution in [1.82, 2.24) is 0 Å². The largest absolute Gasteiger partial charge is 0.480 e. The van der Waals surface area contributed by atoms with Gasteiger partial charge in [0.25, 0.3) is 5.91 Å². The number of ether oxygens (including phenoxy) is 2. The van der Waals surface area contributed by atoms with Gasteiger partial charge in [0.15, 0.2) is 12.4 Å². The predicted octanol–water partition coefficient (Wildman–Crippen LogP) is 4.70. The van der Waals surface area contributed by atoms with E-state index in [4.69, 9.17) is 9.47 Å². The summed E-state index contributed by atoms with van der Waals surface area (Å²) in [6, 6.07) is 23.3. The highest BCUT2D eigenvalue weighted by molar-refractivity contribution is 5.94. The van der Waals surface area contributed by atoms with Gasteiger partial charge in [-0.1, -0.05) is 30.3 Å². The highest BCUT2D eigenvalue weighted by Gasteiger charge is 2.16. The third kappa shape index (κ3) is 4.95. The lowest BCUT2D eigenvalue weighted by molar-refractivity contribution is -0.122. The van der Waals surface area contributed by atoms with Crippen molar-refractivity contribution in [2.24, 2.45) is 0 Å². The van der Waals surface area contributed by atoms with Gasteiger partial charge in [-0.05, 0) is 55.5 Å².